The van der Waals surface area contributed by atoms with Crippen molar-refractivity contribution >= 4 is 0 Å². The van der Waals surface area contributed by atoms with Gasteiger partial charge >= 0.3 is 0 Å². The van der Waals surface area contributed by atoms with E-state index < -0.39 is 0 Å². The zero-order valence-corrected chi connectivity index (χ0v) is 8.05. The number of likely N-dealkylation sites (tertiary alicyclic amines) is 1. The fourth-order valence-corrected chi connectivity index (χ4v) is 2.36. The molecule has 1 aliphatic heterocycles. The molecule has 0 bridgehead atoms. The van der Waals surface area contributed by atoms with Gasteiger partial charge in [-0.15, -0.1) is 0 Å². The van der Waals surface area contributed by atoms with Crippen LogP contribution in [0.5, 0.6) is 0 Å². The molecule has 70 valence electrons. The molecule has 0 aromatic carbocycles. The van der Waals surface area contributed by atoms with Gasteiger partial charge < -0.3 is 4.90 Å². The molecule has 2 heteroatoms. The zero-order chi connectivity index (χ0) is 9.10. The van der Waals surface area contributed by atoms with Gasteiger partial charge in [-0.25, -0.2) is 0 Å². The Morgan fingerprint density at radius 1 is 1.00 bits per heavy atom. The number of allylic oxidation sites excluding steroid dienone is 2. The van der Waals surface area contributed by atoms with Crippen molar-refractivity contribution in [2.75, 3.05) is 13.1 Å². The minimum atomic E-state index is 1.02. The molecule has 2 aliphatic rings. The summed E-state index contributed by atoms with van der Waals surface area (Å²) >= 11 is 0. The van der Waals surface area contributed by atoms with Crippen LogP contribution in [-0.2, 0) is 0 Å². The summed E-state index contributed by atoms with van der Waals surface area (Å²) in [4.78, 5) is 2.44. The largest absolute Gasteiger partial charge is 0.374 e. The average molecular weight is 176 g/mol. The predicted molar refractivity (Wildman–Crippen MR) is 51.9 cm³/mol. The maximum atomic E-state index is 8.93. The van der Waals surface area contributed by atoms with E-state index in [9.17, 15) is 0 Å². The van der Waals surface area contributed by atoms with E-state index in [-0.39, 0.29) is 0 Å². The molecule has 0 aromatic heterocycles. The Morgan fingerprint density at radius 2 is 1.77 bits per heavy atom. The van der Waals surface area contributed by atoms with Crippen LogP contribution >= 0.6 is 0 Å². The van der Waals surface area contributed by atoms with Gasteiger partial charge in [0.15, 0.2) is 0 Å². The lowest BCUT2D eigenvalue weighted by atomic mass is 10.1. The van der Waals surface area contributed by atoms with Crippen LogP contribution in [0.1, 0.15) is 38.5 Å². The van der Waals surface area contributed by atoms with Crippen molar-refractivity contribution in [2.24, 2.45) is 0 Å². The molecule has 0 spiro atoms. The maximum absolute atomic E-state index is 8.93. The van der Waals surface area contributed by atoms with Crippen LogP contribution in [-0.4, -0.2) is 18.0 Å². The second kappa shape index (κ2) is 3.83. The lowest BCUT2D eigenvalue weighted by Gasteiger charge is -2.30. The van der Waals surface area contributed by atoms with E-state index in [0.29, 0.717) is 0 Å². The van der Waals surface area contributed by atoms with E-state index in [4.69, 9.17) is 5.26 Å². The monoisotopic (exact) mass is 176 g/mol. The summed E-state index contributed by atoms with van der Waals surface area (Å²) in [7, 11) is 0. The van der Waals surface area contributed by atoms with Crippen molar-refractivity contribution in [3.05, 3.63) is 11.3 Å². The Balaban J connectivity index is 2.10. The Hall–Kier alpha value is -0.970. The van der Waals surface area contributed by atoms with E-state index in [0.717, 1.165) is 18.4 Å². The smallest absolute Gasteiger partial charge is 0.0965 e. The van der Waals surface area contributed by atoms with Crippen molar-refractivity contribution < 1.29 is 0 Å². The van der Waals surface area contributed by atoms with Crippen LogP contribution in [0.25, 0.3) is 0 Å². The Labute approximate surface area is 79.8 Å². The third kappa shape index (κ3) is 1.70. The minimum Gasteiger partial charge on any atom is -0.374 e. The molecular weight excluding hydrogens is 160 g/mol. The first-order valence-electron chi connectivity index (χ1n) is 5.29. The molecule has 2 rings (SSSR count). The third-order valence-corrected chi connectivity index (χ3v) is 3.06. The first kappa shape index (κ1) is 8.62. The minimum absolute atomic E-state index is 1.02. The molecule has 0 radical (unpaired) electrons. The first-order chi connectivity index (χ1) is 6.42. The van der Waals surface area contributed by atoms with Crippen molar-refractivity contribution in [2.45, 2.75) is 38.5 Å². The number of rotatable bonds is 1. The zero-order valence-electron chi connectivity index (χ0n) is 8.05. The van der Waals surface area contributed by atoms with Crippen molar-refractivity contribution in [3.63, 3.8) is 0 Å². The Kier molecular flexibility index (Phi) is 2.54. The quantitative estimate of drug-likeness (QED) is 0.613. The SMILES string of the molecule is N#CC1=C(N2CCCCC2)CCC1. The van der Waals surface area contributed by atoms with Crippen LogP contribution in [0, 0.1) is 11.3 Å². The number of hydrogen-bond donors (Lipinski definition) is 0. The standard InChI is InChI=1S/C11H16N2/c12-9-10-5-4-6-11(10)13-7-2-1-3-8-13/h1-8H2. The van der Waals surface area contributed by atoms with Gasteiger partial charge in [0.25, 0.3) is 0 Å². The third-order valence-electron chi connectivity index (χ3n) is 3.06. The molecule has 0 unspecified atom stereocenters. The van der Waals surface area contributed by atoms with E-state index in [1.54, 1.807) is 0 Å². The van der Waals surface area contributed by atoms with Crippen LogP contribution in [0.3, 0.4) is 0 Å². The van der Waals surface area contributed by atoms with E-state index in [1.807, 2.05) is 0 Å². The van der Waals surface area contributed by atoms with Crippen LogP contribution in [0.2, 0.25) is 0 Å². The summed E-state index contributed by atoms with van der Waals surface area (Å²) < 4.78 is 0. The van der Waals surface area contributed by atoms with Crippen molar-refractivity contribution in [1.29, 1.82) is 5.26 Å². The highest BCUT2D eigenvalue weighted by molar-refractivity contribution is 5.30. The second-order valence-electron chi connectivity index (χ2n) is 3.94. The molecule has 2 nitrogen and oxygen atoms in total. The summed E-state index contributed by atoms with van der Waals surface area (Å²) in [6, 6.07) is 2.35. The molecular formula is C11H16N2. The number of nitrogens with zero attached hydrogens (tertiary/aromatic N) is 2. The molecule has 0 N–H and O–H groups in total. The highest BCUT2D eigenvalue weighted by Crippen LogP contribution is 2.29. The van der Waals surface area contributed by atoms with Crippen molar-refractivity contribution in [3.8, 4) is 6.07 Å². The van der Waals surface area contributed by atoms with Crippen LogP contribution < -0.4 is 0 Å². The fourth-order valence-electron chi connectivity index (χ4n) is 2.36. The molecule has 0 saturated carbocycles. The van der Waals surface area contributed by atoms with Gasteiger partial charge in [0, 0.05) is 24.4 Å². The van der Waals surface area contributed by atoms with Crippen molar-refractivity contribution in [1.82, 2.24) is 4.90 Å². The molecule has 1 heterocycles. The van der Waals surface area contributed by atoms with Gasteiger partial charge in [-0.05, 0) is 38.5 Å². The summed E-state index contributed by atoms with van der Waals surface area (Å²) in [5.74, 6) is 0. The number of nitriles is 1. The Bertz CT molecular complexity index is 254. The van der Waals surface area contributed by atoms with Gasteiger partial charge in [-0.1, -0.05) is 0 Å². The lowest BCUT2D eigenvalue weighted by Crippen LogP contribution is -2.28. The molecule has 0 atom stereocenters. The van der Waals surface area contributed by atoms with E-state index >= 15 is 0 Å². The molecule has 0 aromatic rings. The van der Waals surface area contributed by atoms with Crippen LogP contribution in [0.15, 0.2) is 11.3 Å². The molecule has 1 fully saturated rings. The van der Waals surface area contributed by atoms with Gasteiger partial charge in [-0.2, -0.15) is 5.26 Å². The lowest BCUT2D eigenvalue weighted by molar-refractivity contribution is 0.279. The molecule has 13 heavy (non-hydrogen) atoms. The van der Waals surface area contributed by atoms with Crippen LogP contribution in [0.4, 0.5) is 0 Å². The number of piperidine rings is 1. The van der Waals surface area contributed by atoms with Gasteiger partial charge in [-0.3, -0.25) is 0 Å². The Morgan fingerprint density at radius 3 is 2.46 bits per heavy atom. The first-order valence-corrected chi connectivity index (χ1v) is 5.29. The normalized spacial score (nSPS) is 23.5. The highest BCUT2D eigenvalue weighted by Gasteiger charge is 2.21. The molecule has 0 amide bonds. The summed E-state index contributed by atoms with van der Waals surface area (Å²) in [6.45, 7) is 2.36. The molecule has 1 aliphatic carbocycles. The summed E-state index contributed by atoms with van der Waals surface area (Å²) in [5, 5.41) is 8.93. The summed E-state index contributed by atoms with van der Waals surface area (Å²) in [6.07, 6.45) is 7.33. The maximum Gasteiger partial charge on any atom is 0.0965 e. The van der Waals surface area contributed by atoms with Gasteiger partial charge in [0.1, 0.15) is 0 Å². The number of hydrogen-bond acceptors (Lipinski definition) is 2. The average Bonchev–Trinajstić information content (AvgIpc) is 2.67. The second-order valence-corrected chi connectivity index (χ2v) is 3.94. The van der Waals surface area contributed by atoms with E-state index in [2.05, 4.69) is 11.0 Å². The highest BCUT2D eigenvalue weighted by atomic mass is 15.1. The topological polar surface area (TPSA) is 27.0 Å². The fraction of sp³-hybridized carbons (Fsp3) is 0.727. The van der Waals surface area contributed by atoms with Gasteiger partial charge in [0.2, 0.25) is 0 Å². The molecule has 1 saturated heterocycles. The summed E-state index contributed by atoms with van der Waals surface area (Å²) in [5.41, 5.74) is 2.42. The van der Waals surface area contributed by atoms with E-state index in [1.165, 1.54) is 44.5 Å². The predicted octanol–water partition coefficient (Wildman–Crippen LogP) is 2.43. The van der Waals surface area contributed by atoms with Gasteiger partial charge in [0.05, 0.1) is 6.07 Å².